The number of hydrogen-bond acceptors (Lipinski definition) is 2. The Morgan fingerprint density at radius 3 is 2.83 bits per heavy atom. The van der Waals surface area contributed by atoms with Gasteiger partial charge < -0.3 is 4.74 Å². The van der Waals surface area contributed by atoms with E-state index >= 15 is 0 Å². The van der Waals surface area contributed by atoms with Crippen LogP contribution in [-0.4, -0.2) is 11.6 Å². The van der Waals surface area contributed by atoms with Crippen molar-refractivity contribution in [3.63, 3.8) is 0 Å². The summed E-state index contributed by atoms with van der Waals surface area (Å²) in [5, 5.41) is 3.94. The summed E-state index contributed by atoms with van der Waals surface area (Å²) >= 11 is 0. The standard InChI is InChI=1S/C14H19N3O/c1-11-8-13(9-14(11,2)16-17-15)18-10-12-6-4-3-5-7-12/h3-7,11,13H,8-10H2,1-2H3/t11-,13-,14-/m0/s1. The van der Waals surface area contributed by atoms with Gasteiger partial charge in [-0.1, -0.05) is 49.3 Å². The van der Waals surface area contributed by atoms with E-state index < -0.39 is 0 Å². The van der Waals surface area contributed by atoms with Gasteiger partial charge in [-0.05, 0) is 29.9 Å². The largest absolute Gasteiger partial charge is 0.374 e. The second-order valence-electron chi connectivity index (χ2n) is 5.31. The van der Waals surface area contributed by atoms with Crippen molar-refractivity contribution in [3.05, 3.63) is 46.3 Å². The molecule has 0 aliphatic heterocycles. The van der Waals surface area contributed by atoms with E-state index in [4.69, 9.17) is 10.3 Å². The number of ether oxygens (including phenoxy) is 1. The van der Waals surface area contributed by atoms with E-state index in [0.717, 1.165) is 12.8 Å². The Morgan fingerprint density at radius 1 is 1.44 bits per heavy atom. The molecule has 0 heterocycles. The highest BCUT2D eigenvalue weighted by Crippen LogP contribution is 2.40. The van der Waals surface area contributed by atoms with Crippen LogP contribution in [0.3, 0.4) is 0 Å². The zero-order valence-corrected chi connectivity index (χ0v) is 10.9. The Balaban J connectivity index is 1.91. The van der Waals surface area contributed by atoms with E-state index in [1.165, 1.54) is 5.56 Å². The van der Waals surface area contributed by atoms with Crippen LogP contribution >= 0.6 is 0 Å². The molecule has 18 heavy (non-hydrogen) atoms. The first-order valence-corrected chi connectivity index (χ1v) is 6.36. The molecule has 1 saturated carbocycles. The lowest BCUT2D eigenvalue weighted by molar-refractivity contribution is 0.0412. The maximum atomic E-state index is 8.62. The van der Waals surface area contributed by atoms with Crippen molar-refractivity contribution in [2.24, 2.45) is 11.0 Å². The zero-order chi connectivity index (χ0) is 13.0. The molecule has 1 aromatic carbocycles. The first-order valence-electron chi connectivity index (χ1n) is 6.36. The van der Waals surface area contributed by atoms with Crippen LogP contribution in [0.25, 0.3) is 10.4 Å². The highest BCUT2D eigenvalue weighted by atomic mass is 16.5. The minimum atomic E-state index is -0.296. The summed E-state index contributed by atoms with van der Waals surface area (Å²) < 4.78 is 5.92. The zero-order valence-electron chi connectivity index (χ0n) is 10.9. The second-order valence-corrected chi connectivity index (χ2v) is 5.31. The van der Waals surface area contributed by atoms with E-state index in [-0.39, 0.29) is 11.6 Å². The van der Waals surface area contributed by atoms with Crippen LogP contribution in [0, 0.1) is 5.92 Å². The Morgan fingerprint density at radius 2 is 2.17 bits per heavy atom. The Labute approximate surface area is 108 Å². The van der Waals surface area contributed by atoms with E-state index in [1.54, 1.807) is 0 Å². The van der Waals surface area contributed by atoms with E-state index in [9.17, 15) is 0 Å². The minimum Gasteiger partial charge on any atom is -0.374 e. The second kappa shape index (κ2) is 5.42. The fraction of sp³-hybridized carbons (Fsp3) is 0.571. The molecule has 0 bridgehead atoms. The number of rotatable bonds is 4. The van der Waals surface area contributed by atoms with Crippen LogP contribution in [0.2, 0.25) is 0 Å². The molecule has 1 fully saturated rings. The van der Waals surface area contributed by atoms with Gasteiger partial charge >= 0.3 is 0 Å². The van der Waals surface area contributed by atoms with Crippen LogP contribution in [0.1, 0.15) is 32.3 Å². The van der Waals surface area contributed by atoms with E-state index in [2.05, 4.69) is 29.1 Å². The summed E-state index contributed by atoms with van der Waals surface area (Å²) in [6, 6.07) is 10.1. The van der Waals surface area contributed by atoms with Crippen molar-refractivity contribution >= 4 is 0 Å². The third-order valence-corrected chi connectivity index (χ3v) is 3.92. The molecule has 1 aromatic rings. The van der Waals surface area contributed by atoms with Gasteiger partial charge in [0.15, 0.2) is 0 Å². The van der Waals surface area contributed by atoms with Crippen LogP contribution < -0.4 is 0 Å². The summed E-state index contributed by atoms with van der Waals surface area (Å²) in [6.45, 7) is 4.77. The molecule has 1 aliphatic rings. The molecule has 0 amide bonds. The third-order valence-electron chi connectivity index (χ3n) is 3.92. The summed E-state index contributed by atoms with van der Waals surface area (Å²) in [7, 11) is 0. The van der Waals surface area contributed by atoms with E-state index in [0.29, 0.717) is 12.5 Å². The lowest BCUT2D eigenvalue weighted by atomic mass is 9.92. The summed E-state index contributed by atoms with van der Waals surface area (Å²) in [4.78, 5) is 2.96. The van der Waals surface area contributed by atoms with Crippen LogP contribution in [0.15, 0.2) is 35.4 Å². The first kappa shape index (κ1) is 12.9. The first-order chi connectivity index (χ1) is 8.64. The predicted molar refractivity (Wildman–Crippen MR) is 71.0 cm³/mol. The molecule has 1 aliphatic carbocycles. The quantitative estimate of drug-likeness (QED) is 0.448. The maximum Gasteiger partial charge on any atom is 0.0720 e. The molecule has 0 radical (unpaired) electrons. The van der Waals surface area contributed by atoms with Gasteiger partial charge in [-0.15, -0.1) is 0 Å². The van der Waals surface area contributed by atoms with Gasteiger partial charge in [0.05, 0.1) is 18.2 Å². The molecular formula is C14H19N3O. The van der Waals surface area contributed by atoms with Gasteiger partial charge in [0.1, 0.15) is 0 Å². The van der Waals surface area contributed by atoms with Gasteiger partial charge in [0.2, 0.25) is 0 Å². The lowest BCUT2D eigenvalue weighted by Gasteiger charge is -2.21. The smallest absolute Gasteiger partial charge is 0.0720 e. The van der Waals surface area contributed by atoms with Gasteiger partial charge in [-0.25, -0.2) is 0 Å². The van der Waals surface area contributed by atoms with Gasteiger partial charge in [-0.3, -0.25) is 0 Å². The maximum absolute atomic E-state index is 8.62. The molecule has 0 spiro atoms. The minimum absolute atomic E-state index is 0.190. The number of hydrogen-bond donors (Lipinski definition) is 0. The molecule has 0 saturated heterocycles. The Kier molecular flexibility index (Phi) is 3.90. The van der Waals surface area contributed by atoms with Crippen molar-refractivity contribution in [1.29, 1.82) is 0 Å². The van der Waals surface area contributed by atoms with Crippen molar-refractivity contribution < 1.29 is 4.74 Å². The molecule has 3 atom stereocenters. The molecule has 96 valence electrons. The number of nitrogens with zero attached hydrogens (tertiary/aromatic N) is 3. The van der Waals surface area contributed by atoms with Gasteiger partial charge in [0.25, 0.3) is 0 Å². The molecule has 4 nitrogen and oxygen atoms in total. The SMILES string of the molecule is C[C@H]1C[C@H](OCc2ccccc2)C[C@]1(C)N=[N+]=[N-]. The highest BCUT2D eigenvalue weighted by molar-refractivity contribution is 5.13. The average molecular weight is 245 g/mol. The van der Waals surface area contributed by atoms with Crippen LogP contribution in [0.4, 0.5) is 0 Å². The molecule has 0 aromatic heterocycles. The fourth-order valence-corrected chi connectivity index (χ4v) is 2.55. The van der Waals surface area contributed by atoms with Gasteiger partial charge in [0, 0.05) is 4.91 Å². The van der Waals surface area contributed by atoms with Crippen molar-refractivity contribution in [2.45, 2.75) is 44.9 Å². The predicted octanol–water partition coefficient (Wildman–Crippen LogP) is 4.07. The lowest BCUT2D eigenvalue weighted by Crippen LogP contribution is -2.24. The topological polar surface area (TPSA) is 58.0 Å². The fourth-order valence-electron chi connectivity index (χ4n) is 2.55. The van der Waals surface area contributed by atoms with Crippen molar-refractivity contribution in [2.75, 3.05) is 0 Å². The van der Waals surface area contributed by atoms with Crippen molar-refractivity contribution in [3.8, 4) is 0 Å². The highest BCUT2D eigenvalue weighted by Gasteiger charge is 2.41. The molecule has 0 N–H and O–H groups in total. The normalized spacial score (nSPS) is 31.0. The summed E-state index contributed by atoms with van der Waals surface area (Å²) in [6.07, 6.45) is 1.96. The molecule has 4 heteroatoms. The molecular weight excluding hydrogens is 226 g/mol. The van der Waals surface area contributed by atoms with Crippen molar-refractivity contribution in [1.82, 2.24) is 0 Å². The molecule has 2 rings (SSSR count). The third kappa shape index (κ3) is 2.84. The van der Waals surface area contributed by atoms with Gasteiger partial charge in [-0.2, -0.15) is 0 Å². The number of benzene rings is 1. The van der Waals surface area contributed by atoms with E-state index in [1.807, 2.05) is 25.1 Å². The summed E-state index contributed by atoms with van der Waals surface area (Å²) in [5.41, 5.74) is 9.51. The van der Waals surface area contributed by atoms with Crippen LogP contribution in [-0.2, 0) is 11.3 Å². The monoisotopic (exact) mass is 245 g/mol. The average Bonchev–Trinajstić information content (AvgIpc) is 2.64. The number of azide groups is 1. The molecule has 0 unspecified atom stereocenters. The Hall–Kier alpha value is -1.51. The summed E-state index contributed by atoms with van der Waals surface area (Å²) in [5.74, 6) is 0.370. The van der Waals surface area contributed by atoms with Crippen LogP contribution in [0.5, 0.6) is 0 Å². The Bertz CT molecular complexity index is 442.